The van der Waals surface area contributed by atoms with E-state index >= 15 is 0 Å². The quantitative estimate of drug-likeness (QED) is 0.564. The fourth-order valence-electron chi connectivity index (χ4n) is 3.92. The van der Waals surface area contributed by atoms with Gasteiger partial charge < -0.3 is 14.2 Å². The fraction of sp³-hybridized carbons (Fsp3) is 0.273. The van der Waals surface area contributed by atoms with Crippen LogP contribution in [0.4, 0.5) is 10.5 Å². The number of carbonyl (C=O) groups is 2. The van der Waals surface area contributed by atoms with Crippen molar-refractivity contribution in [1.82, 2.24) is 14.2 Å². The second kappa shape index (κ2) is 7.88. The third kappa shape index (κ3) is 3.29. The number of anilines is 1. The minimum atomic E-state index is -1.12. The molecule has 4 rings (SSSR count). The zero-order chi connectivity index (χ0) is 23.0. The number of para-hydroxylation sites is 2. The molecule has 0 N–H and O–H groups in total. The van der Waals surface area contributed by atoms with Gasteiger partial charge in [0, 0.05) is 5.69 Å². The van der Waals surface area contributed by atoms with Gasteiger partial charge in [0.15, 0.2) is 6.17 Å². The van der Waals surface area contributed by atoms with Crippen molar-refractivity contribution in [2.45, 2.75) is 25.6 Å². The van der Waals surface area contributed by atoms with Crippen molar-refractivity contribution < 1.29 is 18.8 Å². The van der Waals surface area contributed by atoms with Crippen LogP contribution >= 0.6 is 0 Å². The number of rotatable bonds is 5. The van der Waals surface area contributed by atoms with Crippen molar-refractivity contribution in [3.63, 3.8) is 0 Å². The van der Waals surface area contributed by atoms with Crippen LogP contribution in [0.2, 0.25) is 0 Å². The molecule has 1 atom stereocenters. The van der Waals surface area contributed by atoms with Crippen LogP contribution in [0.1, 0.15) is 20.0 Å². The number of methoxy groups -OCH3 is 1. The molecule has 166 valence electrons. The number of nitrogens with zero attached hydrogens (tertiary/aromatic N) is 4. The Morgan fingerprint density at radius 2 is 1.53 bits per heavy atom. The maximum atomic E-state index is 13.4. The molecule has 32 heavy (non-hydrogen) atoms. The molecular weight excluding hydrogens is 416 g/mol. The highest BCUT2D eigenvalue weighted by atomic mass is 16.5. The molecule has 10 heteroatoms. The number of carbonyl (C=O) groups excluding carboxylic acids is 2. The highest BCUT2D eigenvalue weighted by Crippen LogP contribution is 2.41. The lowest BCUT2D eigenvalue weighted by Gasteiger charge is -2.33. The van der Waals surface area contributed by atoms with Gasteiger partial charge >= 0.3 is 23.4 Å². The summed E-state index contributed by atoms with van der Waals surface area (Å²) in [4.78, 5) is 54.0. The van der Waals surface area contributed by atoms with Gasteiger partial charge in [-0.1, -0.05) is 36.4 Å². The molecule has 1 aliphatic rings. The first-order valence-corrected chi connectivity index (χ1v) is 9.90. The number of esters is 1. The predicted molar refractivity (Wildman–Crippen MR) is 115 cm³/mol. The van der Waals surface area contributed by atoms with Crippen LogP contribution in [0.5, 0.6) is 0 Å². The maximum Gasteiger partial charge on any atom is 0.447 e. The van der Waals surface area contributed by atoms with Crippen molar-refractivity contribution in [3.05, 3.63) is 81.7 Å². The molecule has 0 bridgehead atoms. The molecule has 1 aliphatic heterocycles. The van der Waals surface area contributed by atoms with Crippen molar-refractivity contribution in [1.29, 1.82) is 0 Å². The van der Waals surface area contributed by atoms with Crippen molar-refractivity contribution >= 4 is 17.7 Å². The molecule has 1 saturated heterocycles. The molecule has 2 aromatic carbocycles. The number of urea groups is 1. The Kier molecular flexibility index (Phi) is 5.21. The lowest BCUT2D eigenvalue weighted by Crippen LogP contribution is -2.48. The molecule has 0 aliphatic carbocycles. The molecule has 1 aromatic heterocycles. The number of hydrogen-bond acceptors (Lipinski definition) is 6. The van der Waals surface area contributed by atoms with Crippen LogP contribution in [0, 0.1) is 0 Å². The zero-order valence-electron chi connectivity index (χ0n) is 17.8. The summed E-state index contributed by atoms with van der Waals surface area (Å²) in [6.45, 7) is 3.04. The van der Waals surface area contributed by atoms with E-state index in [2.05, 4.69) is 0 Å². The summed E-state index contributed by atoms with van der Waals surface area (Å²) < 4.78 is 11.9. The minimum Gasteiger partial charge on any atom is -0.468 e. The van der Waals surface area contributed by atoms with Crippen LogP contribution in [0.15, 0.2) is 74.8 Å². The highest BCUT2D eigenvalue weighted by Gasteiger charge is 2.55. The first kappa shape index (κ1) is 21.2. The van der Waals surface area contributed by atoms with E-state index in [1.807, 2.05) is 0 Å². The average molecular weight is 438 g/mol. The Balaban J connectivity index is 1.91. The summed E-state index contributed by atoms with van der Waals surface area (Å²) >= 11 is 0. The Labute approximate surface area is 182 Å². The summed E-state index contributed by atoms with van der Waals surface area (Å²) in [5.74, 6) is -1.50. The molecule has 0 saturated carbocycles. The monoisotopic (exact) mass is 438 g/mol. The van der Waals surface area contributed by atoms with E-state index in [0.717, 1.165) is 9.31 Å². The molecule has 1 fully saturated rings. The number of amides is 2. The van der Waals surface area contributed by atoms with E-state index in [-0.39, 0.29) is 6.54 Å². The molecule has 2 amide bonds. The molecule has 0 spiro atoms. The standard InChI is InChI=1S/C22H22N4O6/c1-22(2)18(26-20(29)25(21(30)32-26)16-12-8-5-9-13-16)24(15-10-6-4-7-11-15)19(28)23(22)14-17(27)31-3/h4-13,18H,14H2,1-3H3/t18-/m0/s1. The van der Waals surface area contributed by atoms with Crippen LogP contribution in [0.25, 0.3) is 5.69 Å². The Morgan fingerprint density at radius 1 is 0.969 bits per heavy atom. The number of aromatic nitrogens is 2. The number of ether oxygens (including phenoxy) is 1. The Bertz CT molecular complexity index is 1260. The summed E-state index contributed by atoms with van der Waals surface area (Å²) in [7, 11) is 1.23. The van der Waals surface area contributed by atoms with E-state index in [9.17, 15) is 19.2 Å². The maximum absolute atomic E-state index is 13.4. The smallest absolute Gasteiger partial charge is 0.447 e. The van der Waals surface area contributed by atoms with Crippen molar-refractivity contribution in [2.75, 3.05) is 18.6 Å². The normalized spacial score (nSPS) is 17.6. The van der Waals surface area contributed by atoms with Gasteiger partial charge in [0.1, 0.15) is 6.54 Å². The molecule has 3 aromatic rings. The van der Waals surface area contributed by atoms with Crippen molar-refractivity contribution in [2.24, 2.45) is 0 Å². The lowest BCUT2D eigenvalue weighted by molar-refractivity contribution is -0.142. The highest BCUT2D eigenvalue weighted by molar-refractivity contribution is 5.97. The molecule has 0 unspecified atom stereocenters. The van der Waals surface area contributed by atoms with Crippen LogP contribution in [-0.2, 0) is 9.53 Å². The molecular formula is C22H22N4O6. The largest absolute Gasteiger partial charge is 0.468 e. The van der Waals surface area contributed by atoms with Gasteiger partial charge in [-0.15, -0.1) is 4.74 Å². The van der Waals surface area contributed by atoms with E-state index in [1.165, 1.54) is 16.9 Å². The second-order valence-corrected chi connectivity index (χ2v) is 7.81. The van der Waals surface area contributed by atoms with Crippen molar-refractivity contribution in [3.8, 4) is 5.69 Å². The molecule has 0 radical (unpaired) electrons. The van der Waals surface area contributed by atoms with Gasteiger partial charge in [-0.2, -0.15) is 4.57 Å². The van der Waals surface area contributed by atoms with E-state index in [4.69, 9.17) is 9.26 Å². The summed E-state index contributed by atoms with van der Waals surface area (Å²) in [5, 5.41) is 0. The first-order chi connectivity index (χ1) is 15.3. The summed E-state index contributed by atoms with van der Waals surface area (Å²) in [6.07, 6.45) is -1.05. The first-order valence-electron chi connectivity index (χ1n) is 9.90. The van der Waals surface area contributed by atoms with Gasteiger partial charge in [-0.25, -0.2) is 14.4 Å². The Hall–Kier alpha value is -4.08. The third-order valence-electron chi connectivity index (χ3n) is 5.53. The SMILES string of the molecule is COC(=O)CN1C(=O)N(c2ccccc2)[C@@H](n2oc(=O)n(-c3ccccc3)c2=O)C1(C)C. The zero-order valence-corrected chi connectivity index (χ0v) is 17.8. The molecule has 10 nitrogen and oxygen atoms in total. The predicted octanol–water partition coefficient (Wildman–Crippen LogP) is 1.98. The van der Waals surface area contributed by atoms with E-state index in [0.29, 0.717) is 11.4 Å². The lowest BCUT2D eigenvalue weighted by atomic mass is 10.0. The van der Waals surface area contributed by atoms with E-state index < -0.39 is 35.2 Å². The summed E-state index contributed by atoms with van der Waals surface area (Å²) in [5.41, 5.74) is -1.05. The van der Waals surface area contributed by atoms with Gasteiger partial charge in [-0.05, 0) is 38.1 Å². The third-order valence-corrected chi connectivity index (χ3v) is 5.53. The van der Waals surface area contributed by atoms with Gasteiger partial charge in [0.2, 0.25) is 0 Å². The van der Waals surface area contributed by atoms with Gasteiger partial charge in [0.25, 0.3) is 0 Å². The van der Waals surface area contributed by atoms with Gasteiger partial charge in [0.05, 0.1) is 18.3 Å². The minimum absolute atomic E-state index is 0.333. The van der Waals surface area contributed by atoms with E-state index in [1.54, 1.807) is 74.5 Å². The molecule has 2 heterocycles. The van der Waals surface area contributed by atoms with Crippen LogP contribution in [-0.4, -0.2) is 45.4 Å². The summed E-state index contributed by atoms with van der Waals surface area (Å²) in [6, 6.07) is 16.5. The van der Waals surface area contributed by atoms with Gasteiger partial charge in [-0.3, -0.25) is 9.69 Å². The average Bonchev–Trinajstić information content (AvgIpc) is 3.18. The van der Waals surface area contributed by atoms with Crippen LogP contribution in [0.3, 0.4) is 0 Å². The van der Waals surface area contributed by atoms with Crippen LogP contribution < -0.4 is 16.3 Å². The fourth-order valence-corrected chi connectivity index (χ4v) is 3.92. The second-order valence-electron chi connectivity index (χ2n) is 7.81. The number of benzene rings is 2. The number of hydrogen-bond donors (Lipinski definition) is 0. The topological polar surface area (TPSA) is 107 Å². The Morgan fingerprint density at radius 3 is 2.09 bits per heavy atom.